The molecule has 2 heterocycles. The Morgan fingerprint density at radius 2 is 2.24 bits per heavy atom. The average Bonchev–Trinajstić information content (AvgIpc) is 3.03. The molecule has 0 aliphatic heterocycles. The molecule has 0 fully saturated rings. The number of hydrogen-bond acceptors (Lipinski definition) is 4. The number of carbonyl (C=O) groups is 1. The van der Waals surface area contributed by atoms with Crippen LogP contribution in [0.1, 0.15) is 46.1 Å². The molecule has 5 nitrogen and oxygen atoms in total. The highest BCUT2D eigenvalue weighted by Crippen LogP contribution is 2.32. The Morgan fingerprint density at radius 3 is 2.71 bits per heavy atom. The molecule has 0 saturated carbocycles. The molecule has 2 rings (SSSR count). The number of alkyl halides is 3. The summed E-state index contributed by atoms with van der Waals surface area (Å²) in [6.45, 7) is 3.45. The summed E-state index contributed by atoms with van der Waals surface area (Å²) >= 11 is 0.883. The highest BCUT2D eigenvalue weighted by atomic mass is 32.1. The van der Waals surface area contributed by atoms with Crippen LogP contribution in [0.15, 0.2) is 11.6 Å². The minimum atomic E-state index is -4.47. The fourth-order valence-corrected chi connectivity index (χ4v) is 2.69. The molecule has 1 atom stereocenters. The van der Waals surface area contributed by atoms with E-state index in [-0.39, 0.29) is 5.01 Å². The first-order valence-electron chi connectivity index (χ1n) is 6.16. The lowest BCUT2D eigenvalue weighted by atomic mass is 10.2. The van der Waals surface area contributed by atoms with Crippen molar-refractivity contribution in [2.24, 2.45) is 0 Å². The predicted molar refractivity (Wildman–Crippen MR) is 70.9 cm³/mol. The molecule has 0 aliphatic carbocycles. The molecule has 2 N–H and O–H groups in total. The van der Waals surface area contributed by atoms with E-state index >= 15 is 0 Å². The van der Waals surface area contributed by atoms with Crippen LogP contribution in [-0.4, -0.2) is 21.1 Å². The van der Waals surface area contributed by atoms with E-state index in [1.807, 2.05) is 0 Å². The summed E-state index contributed by atoms with van der Waals surface area (Å²) in [6, 6.07) is -0.562. The zero-order chi connectivity index (χ0) is 15.6. The van der Waals surface area contributed by atoms with Gasteiger partial charge in [-0.15, -0.1) is 11.3 Å². The number of thiazole rings is 1. The first kappa shape index (κ1) is 15.5. The van der Waals surface area contributed by atoms with Gasteiger partial charge in [-0.1, -0.05) is 6.92 Å². The van der Waals surface area contributed by atoms with Crippen LogP contribution in [0.2, 0.25) is 0 Å². The van der Waals surface area contributed by atoms with Gasteiger partial charge in [0.05, 0.1) is 17.8 Å². The molecule has 0 saturated heterocycles. The van der Waals surface area contributed by atoms with Crippen molar-refractivity contribution in [1.29, 1.82) is 0 Å². The minimum absolute atomic E-state index is 0.235. The smallest absolute Gasteiger partial charge is 0.343 e. The molecule has 2 aromatic rings. The number of amides is 1. The largest absolute Gasteiger partial charge is 0.434 e. The van der Waals surface area contributed by atoms with E-state index in [1.54, 1.807) is 13.8 Å². The first-order valence-corrected chi connectivity index (χ1v) is 7.04. The molecule has 114 valence electrons. The minimum Gasteiger partial charge on any atom is -0.343 e. The Balaban J connectivity index is 2.15. The number of H-pyrrole nitrogens is 1. The number of nitrogens with zero attached hydrogens (tertiary/aromatic N) is 2. The molecular formula is C12H13F3N4OS. The fraction of sp³-hybridized carbons (Fsp3) is 0.417. The second kappa shape index (κ2) is 5.84. The van der Waals surface area contributed by atoms with Gasteiger partial charge >= 0.3 is 6.18 Å². The Kier molecular flexibility index (Phi) is 4.31. The normalized spacial score (nSPS) is 13.2. The summed E-state index contributed by atoms with van der Waals surface area (Å²) in [5, 5.41) is 10.2. The number of aryl methyl sites for hydroxylation is 1. The van der Waals surface area contributed by atoms with Crippen molar-refractivity contribution >= 4 is 17.2 Å². The number of aromatic nitrogens is 3. The van der Waals surface area contributed by atoms with Gasteiger partial charge in [-0.2, -0.15) is 18.3 Å². The van der Waals surface area contributed by atoms with Gasteiger partial charge < -0.3 is 5.32 Å². The third-order valence-electron chi connectivity index (χ3n) is 2.90. The molecule has 0 spiro atoms. The van der Waals surface area contributed by atoms with Crippen LogP contribution in [0.25, 0.3) is 0 Å². The number of carbonyl (C=O) groups excluding carboxylic acids is 1. The zero-order valence-electron chi connectivity index (χ0n) is 11.3. The van der Waals surface area contributed by atoms with E-state index in [1.165, 1.54) is 6.20 Å². The Labute approximate surface area is 122 Å². The van der Waals surface area contributed by atoms with Crippen molar-refractivity contribution in [2.45, 2.75) is 32.5 Å². The molecule has 1 unspecified atom stereocenters. The molecule has 9 heteroatoms. The lowest BCUT2D eigenvalue weighted by Crippen LogP contribution is -2.28. The standard InChI is InChI=1S/C12H13F3N4OS/c1-3-8(11-18-9(5-21-11)12(13,14)15)17-10(20)7-4-16-19-6(7)2/h4-5,8H,3H2,1-2H3,(H,16,19)(H,17,20). The van der Waals surface area contributed by atoms with Crippen molar-refractivity contribution < 1.29 is 18.0 Å². The number of aromatic amines is 1. The fourth-order valence-electron chi connectivity index (χ4n) is 1.73. The number of nitrogens with one attached hydrogen (secondary N) is 2. The summed E-state index contributed by atoms with van der Waals surface area (Å²) in [6.07, 6.45) is -2.66. The van der Waals surface area contributed by atoms with Crippen LogP contribution in [0.5, 0.6) is 0 Å². The summed E-state index contributed by atoms with van der Waals surface area (Å²) in [7, 11) is 0. The van der Waals surface area contributed by atoms with Gasteiger partial charge in [-0.05, 0) is 13.3 Å². The predicted octanol–water partition coefficient (Wildman–Crippen LogP) is 3.07. The van der Waals surface area contributed by atoms with E-state index in [2.05, 4.69) is 20.5 Å². The second-order valence-corrected chi connectivity index (χ2v) is 5.30. The van der Waals surface area contributed by atoms with Crippen molar-refractivity contribution in [3.63, 3.8) is 0 Å². The first-order chi connectivity index (χ1) is 9.82. The SMILES string of the molecule is CCC(NC(=O)c1cn[nH]c1C)c1nc(C(F)(F)F)cs1. The maximum absolute atomic E-state index is 12.6. The summed E-state index contributed by atoms with van der Waals surface area (Å²) in [4.78, 5) is 15.6. The van der Waals surface area contributed by atoms with Crippen molar-refractivity contribution in [3.8, 4) is 0 Å². The molecule has 0 aromatic carbocycles. The molecule has 1 amide bonds. The molecule has 21 heavy (non-hydrogen) atoms. The highest BCUT2D eigenvalue weighted by molar-refractivity contribution is 7.09. The monoisotopic (exact) mass is 318 g/mol. The lowest BCUT2D eigenvalue weighted by Gasteiger charge is -2.14. The topological polar surface area (TPSA) is 70.7 Å². The summed E-state index contributed by atoms with van der Waals surface area (Å²) in [5.41, 5.74) is 0.0215. The van der Waals surface area contributed by atoms with E-state index < -0.39 is 23.8 Å². The number of halogens is 3. The van der Waals surface area contributed by atoms with Gasteiger partial charge in [0.1, 0.15) is 5.01 Å². The van der Waals surface area contributed by atoms with Gasteiger partial charge in [0.15, 0.2) is 5.69 Å². The Morgan fingerprint density at radius 1 is 1.52 bits per heavy atom. The molecular weight excluding hydrogens is 305 g/mol. The maximum atomic E-state index is 12.6. The third kappa shape index (κ3) is 3.41. The van der Waals surface area contributed by atoms with Crippen LogP contribution < -0.4 is 5.32 Å². The zero-order valence-corrected chi connectivity index (χ0v) is 12.1. The van der Waals surface area contributed by atoms with Crippen molar-refractivity contribution in [3.05, 3.63) is 33.5 Å². The van der Waals surface area contributed by atoms with Crippen LogP contribution in [0.4, 0.5) is 13.2 Å². The van der Waals surface area contributed by atoms with E-state index in [9.17, 15) is 18.0 Å². The van der Waals surface area contributed by atoms with E-state index in [0.29, 0.717) is 17.7 Å². The molecule has 2 aromatic heterocycles. The van der Waals surface area contributed by atoms with Crippen LogP contribution in [0.3, 0.4) is 0 Å². The van der Waals surface area contributed by atoms with Gasteiger partial charge in [0.2, 0.25) is 0 Å². The van der Waals surface area contributed by atoms with Gasteiger partial charge in [0, 0.05) is 11.1 Å². The Bertz CT molecular complexity index is 634. The highest BCUT2D eigenvalue weighted by Gasteiger charge is 2.34. The second-order valence-electron chi connectivity index (χ2n) is 4.41. The molecule has 0 radical (unpaired) electrons. The van der Waals surface area contributed by atoms with Crippen molar-refractivity contribution in [2.75, 3.05) is 0 Å². The number of hydrogen-bond donors (Lipinski definition) is 2. The van der Waals surface area contributed by atoms with Crippen LogP contribution in [0, 0.1) is 6.92 Å². The van der Waals surface area contributed by atoms with Crippen LogP contribution >= 0.6 is 11.3 Å². The summed E-state index contributed by atoms with van der Waals surface area (Å²) < 4.78 is 37.7. The third-order valence-corrected chi connectivity index (χ3v) is 3.86. The van der Waals surface area contributed by atoms with Crippen LogP contribution in [-0.2, 0) is 6.18 Å². The quantitative estimate of drug-likeness (QED) is 0.910. The maximum Gasteiger partial charge on any atom is 0.434 e. The summed E-state index contributed by atoms with van der Waals surface area (Å²) in [5.74, 6) is -0.392. The van der Waals surface area contributed by atoms with Gasteiger partial charge in [0.25, 0.3) is 5.91 Å². The van der Waals surface area contributed by atoms with E-state index in [4.69, 9.17) is 0 Å². The average molecular weight is 318 g/mol. The van der Waals surface area contributed by atoms with Crippen molar-refractivity contribution in [1.82, 2.24) is 20.5 Å². The van der Waals surface area contributed by atoms with E-state index in [0.717, 1.165) is 16.7 Å². The van der Waals surface area contributed by atoms with Gasteiger partial charge in [-0.3, -0.25) is 9.89 Å². The number of rotatable bonds is 4. The molecule has 0 aliphatic rings. The lowest BCUT2D eigenvalue weighted by molar-refractivity contribution is -0.140. The Hall–Kier alpha value is -1.90. The van der Waals surface area contributed by atoms with Gasteiger partial charge in [-0.25, -0.2) is 4.98 Å². The molecule has 0 bridgehead atoms.